The summed E-state index contributed by atoms with van der Waals surface area (Å²) < 4.78 is 17.5. The van der Waals surface area contributed by atoms with Crippen LogP contribution in [0.15, 0.2) is 0 Å². The Labute approximate surface area is 105 Å². The van der Waals surface area contributed by atoms with Gasteiger partial charge in [0.2, 0.25) is 0 Å². The lowest BCUT2D eigenvalue weighted by Gasteiger charge is -2.28. The summed E-state index contributed by atoms with van der Waals surface area (Å²) in [5.41, 5.74) is 0.667. The second-order valence-electron chi connectivity index (χ2n) is 3.48. The Bertz CT molecular complexity index is 168. The van der Waals surface area contributed by atoms with Crippen molar-refractivity contribution < 1.29 is 28.7 Å². The molecule has 0 spiro atoms. The van der Waals surface area contributed by atoms with Gasteiger partial charge in [0.1, 0.15) is 0 Å². The molecular formula is C9H26O6P2. The van der Waals surface area contributed by atoms with Crippen LogP contribution in [0.25, 0.3) is 0 Å². The molecule has 0 atom stereocenters. The molecule has 0 aliphatic heterocycles. The topological polar surface area (TPSA) is 115 Å². The summed E-state index contributed by atoms with van der Waals surface area (Å²) in [4.78, 5) is 28.6. The normalized spacial score (nSPS) is 10.5. The first-order valence-electron chi connectivity index (χ1n) is 5.55. The molecule has 0 rings (SSSR count). The molecular weight excluding hydrogens is 266 g/mol. The fourth-order valence-corrected chi connectivity index (χ4v) is 1.50. The Morgan fingerprint density at radius 1 is 0.706 bits per heavy atom. The van der Waals surface area contributed by atoms with Crippen molar-refractivity contribution in [1.82, 2.24) is 0 Å². The molecule has 0 aromatic rings. The van der Waals surface area contributed by atoms with Gasteiger partial charge in [0.05, 0.1) is 0 Å². The van der Waals surface area contributed by atoms with Crippen LogP contribution in [0.4, 0.5) is 0 Å². The van der Waals surface area contributed by atoms with Crippen LogP contribution in [0.3, 0.4) is 0 Å². The predicted octanol–water partition coefficient (Wildman–Crippen LogP) is 2.33. The molecule has 0 heterocycles. The van der Waals surface area contributed by atoms with Gasteiger partial charge in [-0.25, -0.2) is 0 Å². The van der Waals surface area contributed by atoms with E-state index in [4.69, 9.17) is 28.7 Å². The van der Waals surface area contributed by atoms with Gasteiger partial charge in [-0.3, -0.25) is 9.13 Å². The van der Waals surface area contributed by atoms with E-state index in [1.54, 1.807) is 0 Å². The van der Waals surface area contributed by atoms with Gasteiger partial charge in [-0.05, 0) is 5.41 Å². The van der Waals surface area contributed by atoms with Crippen molar-refractivity contribution in [1.29, 1.82) is 0 Å². The van der Waals surface area contributed by atoms with E-state index in [9.17, 15) is 0 Å². The fraction of sp³-hybridized carbons (Fsp3) is 1.00. The van der Waals surface area contributed by atoms with Crippen LogP contribution in [0, 0.1) is 5.41 Å². The molecule has 6 nitrogen and oxygen atoms in total. The zero-order chi connectivity index (χ0) is 14.5. The van der Waals surface area contributed by atoms with Crippen molar-refractivity contribution in [2.45, 2.75) is 53.4 Å². The maximum Gasteiger partial charge on any atom is 0.314 e. The summed E-state index contributed by atoms with van der Waals surface area (Å²) in [5.74, 6) is 0. The molecule has 0 aliphatic rings. The minimum Gasteiger partial charge on any atom is -0.326 e. The summed E-state index contributed by atoms with van der Waals surface area (Å²) in [7, 11) is -6.26. The molecule has 0 saturated heterocycles. The molecule has 0 radical (unpaired) electrons. The van der Waals surface area contributed by atoms with Crippen molar-refractivity contribution in [2.75, 3.05) is 0 Å². The van der Waals surface area contributed by atoms with E-state index < -0.39 is 16.5 Å². The van der Waals surface area contributed by atoms with Gasteiger partial charge in [0.15, 0.2) is 0 Å². The highest BCUT2D eigenvalue weighted by molar-refractivity contribution is 7.31. The van der Waals surface area contributed by atoms with Crippen LogP contribution in [-0.2, 0) is 9.13 Å². The Morgan fingerprint density at radius 2 is 0.824 bits per heavy atom. The monoisotopic (exact) mass is 292 g/mol. The van der Waals surface area contributed by atoms with Crippen molar-refractivity contribution in [2.24, 2.45) is 5.41 Å². The minimum atomic E-state index is -3.13. The summed E-state index contributed by atoms with van der Waals surface area (Å²) in [6.07, 6.45) is 5.38. The number of hydrogen-bond donors (Lipinski definition) is 4. The van der Waals surface area contributed by atoms with Gasteiger partial charge in [-0.1, -0.05) is 53.4 Å². The van der Waals surface area contributed by atoms with Crippen molar-refractivity contribution in [3.8, 4) is 0 Å². The zero-order valence-electron chi connectivity index (χ0n) is 10.9. The van der Waals surface area contributed by atoms with E-state index in [2.05, 4.69) is 27.7 Å². The Morgan fingerprint density at radius 3 is 0.824 bits per heavy atom. The average Bonchev–Trinajstić information content (AvgIpc) is 2.20. The summed E-state index contributed by atoms with van der Waals surface area (Å²) in [6, 6.07) is 0. The second kappa shape index (κ2) is 14.4. The van der Waals surface area contributed by atoms with Gasteiger partial charge >= 0.3 is 16.5 Å². The van der Waals surface area contributed by atoms with E-state index >= 15 is 0 Å². The molecule has 0 amide bonds. The standard InChI is InChI=1S/C9H20.2H3O3P/c1-5-9(6-2,7-3)8-4;2*1-4(2)3/h5-8H2,1-4H3;2*4H,(H2,1,2,3). The molecule has 0 aliphatic carbocycles. The molecule has 0 aromatic heterocycles. The lowest BCUT2D eigenvalue weighted by atomic mass is 9.78. The Balaban J connectivity index is -0.000000205. The van der Waals surface area contributed by atoms with Gasteiger partial charge in [0.25, 0.3) is 0 Å². The largest absolute Gasteiger partial charge is 0.326 e. The van der Waals surface area contributed by atoms with Crippen LogP contribution >= 0.6 is 16.5 Å². The highest BCUT2D eigenvalue weighted by Gasteiger charge is 2.20. The predicted molar refractivity (Wildman–Crippen MR) is 70.5 cm³/mol. The first kappa shape index (κ1) is 22.5. The first-order chi connectivity index (χ1) is 7.71. The molecule has 0 fully saturated rings. The Kier molecular flexibility index (Phi) is 19.0. The highest BCUT2D eigenvalue weighted by atomic mass is 31.1. The molecule has 0 aromatic carbocycles. The zero-order valence-corrected chi connectivity index (χ0v) is 12.9. The lowest BCUT2D eigenvalue weighted by Crippen LogP contribution is -2.15. The molecule has 8 heteroatoms. The molecule has 0 bridgehead atoms. The fourth-order valence-electron chi connectivity index (χ4n) is 1.50. The van der Waals surface area contributed by atoms with Crippen LogP contribution in [0.5, 0.6) is 0 Å². The average molecular weight is 292 g/mol. The van der Waals surface area contributed by atoms with E-state index in [-0.39, 0.29) is 0 Å². The first-order valence-corrected chi connectivity index (χ1v) is 8.15. The third kappa shape index (κ3) is 22.0. The molecule has 0 saturated carbocycles. The van der Waals surface area contributed by atoms with Crippen LogP contribution in [-0.4, -0.2) is 19.6 Å². The van der Waals surface area contributed by atoms with E-state index in [1.165, 1.54) is 25.7 Å². The number of rotatable bonds is 4. The maximum absolute atomic E-state index is 8.74. The van der Waals surface area contributed by atoms with Gasteiger partial charge in [0, 0.05) is 0 Å². The van der Waals surface area contributed by atoms with Crippen molar-refractivity contribution >= 4 is 16.5 Å². The maximum atomic E-state index is 8.74. The second-order valence-corrected chi connectivity index (χ2v) is 4.61. The molecule has 108 valence electrons. The van der Waals surface area contributed by atoms with Crippen LogP contribution < -0.4 is 0 Å². The van der Waals surface area contributed by atoms with Gasteiger partial charge in [-0.2, -0.15) is 0 Å². The quantitative estimate of drug-likeness (QED) is 0.591. The van der Waals surface area contributed by atoms with E-state index in [0.717, 1.165) is 0 Å². The molecule has 4 N–H and O–H groups in total. The summed E-state index contributed by atoms with van der Waals surface area (Å²) in [6.45, 7) is 9.21. The van der Waals surface area contributed by atoms with Crippen LogP contribution in [0.2, 0.25) is 0 Å². The van der Waals surface area contributed by atoms with Gasteiger partial charge < -0.3 is 19.6 Å². The van der Waals surface area contributed by atoms with Crippen molar-refractivity contribution in [3.05, 3.63) is 0 Å². The Hall–Kier alpha value is 0.300. The third-order valence-corrected chi connectivity index (χ3v) is 3.00. The number of hydrogen-bond acceptors (Lipinski definition) is 2. The summed E-state index contributed by atoms with van der Waals surface area (Å²) in [5, 5.41) is 0. The minimum absolute atomic E-state index is 0.667. The summed E-state index contributed by atoms with van der Waals surface area (Å²) >= 11 is 0. The van der Waals surface area contributed by atoms with Crippen LogP contribution in [0.1, 0.15) is 53.4 Å². The highest BCUT2D eigenvalue weighted by Crippen LogP contribution is 2.33. The molecule has 0 unspecified atom stereocenters. The van der Waals surface area contributed by atoms with Crippen molar-refractivity contribution in [3.63, 3.8) is 0 Å². The SMILES string of the molecule is CCC(CC)(CC)CC.O=[PH](O)O.O=[PH](O)O. The third-order valence-electron chi connectivity index (χ3n) is 3.00. The van der Waals surface area contributed by atoms with E-state index in [0.29, 0.717) is 5.41 Å². The van der Waals surface area contributed by atoms with Gasteiger partial charge in [-0.15, -0.1) is 0 Å². The molecule has 17 heavy (non-hydrogen) atoms. The lowest BCUT2D eigenvalue weighted by molar-refractivity contribution is 0.240. The van der Waals surface area contributed by atoms with E-state index in [1.807, 2.05) is 0 Å². The smallest absolute Gasteiger partial charge is 0.314 e.